The molecular formula is C30H43N3O3. The molecule has 0 aromatic heterocycles. The number of amides is 2. The number of nitrogens with zero attached hydrogens (tertiary/aromatic N) is 1. The Kier molecular flexibility index (Phi) is 10.2. The molecule has 36 heavy (non-hydrogen) atoms. The third kappa shape index (κ3) is 9.21. The Morgan fingerprint density at radius 2 is 1.72 bits per heavy atom. The summed E-state index contributed by atoms with van der Waals surface area (Å²) in [6.45, 7) is 8.10. The van der Waals surface area contributed by atoms with E-state index in [1.165, 1.54) is 32.1 Å². The van der Waals surface area contributed by atoms with E-state index in [0.717, 1.165) is 23.5 Å². The highest BCUT2D eigenvalue weighted by Crippen LogP contribution is 2.28. The summed E-state index contributed by atoms with van der Waals surface area (Å²) in [7, 11) is 0. The molecule has 196 valence electrons. The standard InChI is InChI=1S/C30H43N3O3/c1-23(29(31)35)14-19-28(34)32-30(2,3)22-33(20-24-10-6-4-7-11-24)26-15-17-27(18-16-26)36-21-25-12-8-5-9-13-25/h5,8-9,12-13,15-18,23-24H,4,6-7,10-11,14,19-22H2,1-3H3,(H2,31,35)(H,32,34). The van der Waals surface area contributed by atoms with E-state index in [4.69, 9.17) is 10.5 Å². The molecule has 1 saturated carbocycles. The summed E-state index contributed by atoms with van der Waals surface area (Å²) in [4.78, 5) is 26.3. The zero-order chi connectivity index (χ0) is 26.0. The molecule has 0 radical (unpaired) electrons. The van der Waals surface area contributed by atoms with Crippen molar-refractivity contribution in [3.05, 3.63) is 60.2 Å². The van der Waals surface area contributed by atoms with Gasteiger partial charge in [0.25, 0.3) is 0 Å². The number of nitrogens with one attached hydrogen (secondary N) is 1. The number of rotatable bonds is 13. The minimum absolute atomic E-state index is 0.0459. The fraction of sp³-hybridized carbons (Fsp3) is 0.533. The van der Waals surface area contributed by atoms with Gasteiger partial charge in [-0.1, -0.05) is 56.5 Å². The fourth-order valence-electron chi connectivity index (χ4n) is 4.88. The summed E-state index contributed by atoms with van der Waals surface area (Å²) in [5, 5.41) is 3.18. The zero-order valence-electron chi connectivity index (χ0n) is 22.2. The lowest BCUT2D eigenvalue weighted by Crippen LogP contribution is -2.52. The van der Waals surface area contributed by atoms with Crippen molar-refractivity contribution in [1.29, 1.82) is 0 Å². The molecule has 0 saturated heterocycles. The van der Waals surface area contributed by atoms with E-state index in [0.29, 0.717) is 31.9 Å². The molecule has 0 bridgehead atoms. The summed E-state index contributed by atoms with van der Waals surface area (Å²) >= 11 is 0. The fourth-order valence-corrected chi connectivity index (χ4v) is 4.88. The Bertz CT molecular complexity index is 953. The lowest BCUT2D eigenvalue weighted by atomic mass is 9.88. The first-order valence-corrected chi connectivity index (χ1v) is 13.3. The van der Waals surface area contributed by atoms with Crippen LogP contribution in [0, 0.1) is 11.8 Å². The first kappa shape index (κ1) is 27.6. The summed E-state index contributed by atoms with van der Waals surface area (Å²) in [5.74, 6) is 0.795. The summed E-state index contributed by atoms with van der Waals surface area (Å²) in [6, 6.07) is 18.5. The Morgan fingerprint density at radius 1 is 1.06 bits per heavy atom. The van der Waals surface area contributed by atoms with Gasteiger partial charge in [0.2, 0.25) is 11.8 Å². The van der Waals surface area contributed by atoms with Crippen LogP contribution in [0.1, 0.15) is 71.3 Å². The van der Waals surface area contributed by atoms with Crippen molar-refractivity contribution in [2.24, 2.45) is 17.6 Å². The van der Waals surface area contributed by atoms with E-state index in [1.54, 1.807) is 6.92 Å². The molecule has 0 spiro atoms. The quantitative estimate of drug-likeness (QED) is 0.389. The number of carbonyl (C=O) groups excluding carboxylic acids is 2. The van der Waals surface area contributed by atoms with Gasteiger partial charge in [-0.25, -0.2) is 0 Å². The number of primary amides is 1. The molecule has 0 aliphatic heterocycles. The van der Waals surface area contributed by atoms with Crippen LogP contribution in [-0.2, 0) is 16.2 Å². The Labute approximate surface area is 216 Å². The topological polar surface area (TPSA) is 84.7 Å². The van der Waals surface area contributed by atoms with Crippen molar-refractivity contribution in [3.8, 4) is 5.75 Å². The SMILES string of the molecule is CC(CCC(=O)NC(C)(C)CN(CC1CCCCC1)c1ccc(OCc2ccccc2)cc1)C(N)=O. The number of carbonyl (C=O) groups is 2. The van der Waals surface area contributed by atoms with Crippen molar-refractivity contribution in [2.45, 2.75) is 77.9 Å². The Morgan fingerprint density at radius 3 is 2.36 bits per heavy atom. The maximum Gasteiger partial charge on any atom is 0.220 e. The van der Waals surface area contributed by atoms with Crippen LogP contribution in [0.2, 0.25) is 0 Å². The third-order valence-electron chi connectivity index (χ3n) is 7.01. The summed E-state index contributed by atoms with van der Waals surface area (Å²) < 4.78 is 5.98. The van der Waals surface area contributed by atoms with Gasteiger partial charge in [-0.3, -0.25) is 9.59 Å². The molecule has 3 rings (SSSR count). The molecule has 1 aliphatic rings. The summed E-state index contributed by atoms with van der Waals surface area (Å²) in [5.41, 5.74) is 7.19. The van der Waals surface area contributed by atoms with E-state index in [-0.39, 0.29) is 17.7 Å². The van der Waals surface area contributed by atoms with Crippen molar-refractivity contribution >= 4 is 17.5 Å². The van der Waals surface area contributed by atoms with Crippen molar-refractivity contribution < 1.29 is 14.3 Å². The molecule has 1 unspecified atom stereocenters. The average Bonchev–Trinajstić information content (AvgIpc) is 2.86. The monoisotopic (exact) mass is 493 g/mol. The van der Waals surface area contributed by atoms with Crippen LogP contribution in [0.15, 0.2) is 54.6 Å². The lowest BCUT2D eigenvalue weighted by molar-refractivity contribution is -0.124. The molecule has 2 amide bonds. The number of anilines is 1. The molecule has 1 atom stereocenters. The van der Waals surface area contributed by atoms with Gasteiger partial charge in [0, 0.05) is 31.1 Å². The van der Waals surface area contributed by atoms with E-state index in [2.05, 4.69) is 48.3 Å². The predicted molar refractivity (Wildman–Crippen MR) is 146 cm³/mol. The highest BCUT2D eigenvalue weighted by molar-refractivity contribution is 5.79. The van der Waals surface area contributed by atoms with E-state index in [1.807, 2.05) is 30.3 Å². The molecule has 6 nitrogen and oxygen atoms in total. The van der Waals surface area contributed by atoms with Crippen LogP contribution in [-0.4, -0.2) is 30.4 Å². The molecule has 0 heterocycles. The molecule has 1 fully saturated rings. The van der Waals surface area contributed by atoms with Gasteiger partial charge in [-0.2, -0.15) is 0 Å². The normalized spacial score (nSPS) is 15.2. The van der Waals surface area contributed by atoms with E-state index < -0.39 is 5.54 Å². The van der Waals surface area contributed by atoms with Crippen LogP contribution >= 0.6 is 0 Å². The second kappa shape index (κ2) is 13.3. The third-order valence-corrected chi connectivity index (χ3v) is 7.01. The maximum absolute atomic E-state index is 12.6. The zero-order valence-corrected chi connectivity index (χ0v) is 22.2. The van der Waals surface area contributed by atoms with E-state index >= 15 is 0 Å². The number of hydrogen-bond donors (Lipinski definition) is 2. The van der Waals surface area contributed by atoms with Crippen LogP contribution in [0.3, 0.4) is 0 Å². The van der Waals surface area contributed by atoms with Crippen LogP contribution in [0.5, 0.6) is 5.75 Å². The number of ether oxygens (including phenoxy) is 1. The van der Waals surface area contributed by atoms with Gasteiger partial charge < -0.3 is 20.7 Å². The first-order chi connectivity index (χ1) is 17.2. The predicted octanol–water partition coefficient (Wildman–Crippen LogP) is 5.45. The number of benzene rings is 2. The van der Waals surface area contributed by atoms with Gasteiger partial charge >= 0.3 is 0 Å². The number of hydrogen-bond acceptors (Lipinski definition) is 4. The molecule has 1 aliphatic carbocycles. The van der Waals surface area contributed by atoms with Crippen molar-refractivity contribution in [2.75, 3.05) is 18.0 Å². The lowest BCUT2D eigenvalue weighted by Gasteiger charge is -2.38. The number of nitrogens with two attached hydrogens (primary N) is 1. The van der Waals surface area contributed by atoms with Crippen LogP contribution in [0.4, 0.5) is 5.69 Å². The first-order valence-electron chi connectivity index (χ1n) is 13.3. The average molecular weight is 494 g/mol. The second-order valence-corrected chi connectivity index (χ2v) is 10.9. The van der Waals surface area contributed by atoms with Crippen LogP contribution in [0.25, 0.3) is 0 Å². The van der Waals surface area contributed by atoms with Crippen molar-refractivity contribution in [1.82, 2.24) is 5.32 Å². The highest BCUT2D eigenvalue weighted by Gasteiger charge is 2.27. The molecular weight excluding hydrogens is 450 g/mol. The maximum atomic E-state index is 12.6. The smallest absolute Gasteiger partial charge is 0.220 e. The van der Waals surface area contributed by atoms with Crippen LogP contribution < -0.4 is 20.7 Å². The molecule has 3 N–H and O–H groups in total. The Balaban J connectivity index is 1.64. The second-order valence-electron chi connectivity index (χ2n) is 10.9. The minimum atomic E-state index is -0.426. The van der Waals surface area contributed by atoms with E-state index in [9.17, 15) is 9.59 Å². The van der Waals surface area contributed by atoms with Gasteiger partial charge in [0.05, 0.1) is 5.54 Å². The highest BCUT2D eigenvalue weighted by atomic mass is 16.5. The van der Waals surface area contributed by atoms with Gasteiger partial charge in [0.1, 0.15) is 12.4 Å². The minimum Gasteiger partial charge on any atom is -0.489 e. The summed E-state index contributed by atoms with van der Waals surface area (Å²) in [6.07, 6.45) is 7.19. The molecule has 2 aromatic rings. The largest absolute Gasteiger partial charge is 0.489 e. The molecule has 6 heteroatoms. The van der Waals surface area contributed by atoms with Crippen molar-refractivity contribution in [3.63, 3.8) is 0 Å². The van der Waals surface area contributed by atoms with Gasteiger partial charge in [0.15, 0.2) is 0 Å². The Hall–Kier alpha value is -3.02. The van der Waals surface area contributed by atoms with Gasteiger partial charge in [-0.05, 0) is 68.9 Å². The molecule has 2 aromatic carbocycles. The van der Waals surface area contributed by atoms with Gasteiger partial charge in [-0.15, -0.1) is 0 Å².